The number of anilines is 2. The number of nitrogens with zero attached hydrogens (tertiary/aromatic N) is 1. The Morgan fingerprint density at radius 2 is 2.29 bits per heavy atom. The van der Waals surface area contributed by atoms with Crippen LogP contribution in [0.2, 0.25) is 0 Å². The Morgan fingerprint density at radius 3 is 2.88 bits per heavy atom. The van der Waals surface area contributed by atoms with Crippen LogP contribution in [-0.4, -0.2) is 23.7 Å². The summed E-state index contributed by atoms with van der Waals surface area (Å²) in [6, 6.07) is 7.19. The topological polar surface area (TPSA) is 49.4 Å². The van der Waals surface area contributed by atoms with E-state index in [1.54, 1.807) is 23.1 Å². The molecule has 0 aliphatic carbocycles. The normalized spacial score (nSPS) is 19.5. The molecule has 0 spiro atoms. The Hall–Kier alpha value is -1.55. The molecule has 0 aromatic heterocycles. The summed E-state index contributed by atoms with van der Waals surface area (Å²) in [5.74, 6) is -0.116. The smallest absolute Gasteiger partial charge is 0.228 e. The fourth-order valence-electron chi connectivity index (χ4n) is 1.87. The molecule has 2 rings (SSSR count). The van der Waals surface area contributed by atoms with E-state index in [0.29, 0.717) is 18.7 Å². The monoisotopic (exact) mass is 252 g/mol. The average Bonchev–Trinajstić information content (AvgIpc) is 2.57. The minimum absolute atomic E-state index is 0.0185. The molecule has 1 N–H and O–H groups in total. The molecule has 1 unspecified atom stereocenters. The maximum Gasteiger partial charge on any atom is 0.228 e. The van der Waals surface area contributed by atoms with E-state index in [0.717, 1.165) is 5.69 Å². The number of halogens is 1. The second kappa shape index (κ2) is 4.75. The number of carbonyl (C=O) groups excluding carboxylic acids is 2. The summed E-state index contributed by atoms with van der Waals surface area (Å²) in [4.78, 5) is 24.3. The first-order valence-corrected chi connectivity index (χ1v) is 5.82. The van der Waals surface area contributed by atoms with Gasteiger partial charge in [0.15, 0.2) is 0 Å². The van der Waals surface area contributed by atoms with E-state index in [-0.39, 0.29) is 17.2 Å². The summed E-state index contributed by atoms with van der Waals surface area (Å²) in [6.45, 7) is 1.96. The van der Waals surface area contributed by atoms with Crippen LogP contribution in [-0.2, 0) is 9.59 Å². The first-order chi connectivity index (χ1) is 8.06. The predicted molar refractivity (Wildman–Crippen MR) is 67.4 cm³/mol. The van der Waals surface area contributed by atoms with Gasteiger partial charge in [0, 0.05) is 31.3 Å². The number of rotatable bonds is 2. The van der Waals surface area contributed by atoms with E-state index in [4.69, 9.17) is 11.6 Å². The molecular formula is C12H13ClN2O2. The van der Waals surface area contributed by atoms with Gasteiger partial charge >= 0.3 is 0 Å². The zero-order valence-corrected chi connectivity index (χ0v) is 10.2. The molecular weight excluding hydrogens is 240 g/mol. The van der Waals surface area contributed by atoms with Crippen molar-refractivity contribution >= 4 is 34.8 Å². The SMILES string of the molecule is CC(=O)Nc1cccc(N2CC(Cl)CC2=O)c1. The maximum atomic E-state index is 11.7. The third-order valence-electron chi connectivity index (χ3n) is 2.56. The Bertz CT molecular complexity index is 462. The molecule has 2 amide bonds. The summed E-state index contributed by atoms with van der Waals surface area (Å²) < 4.78 is 0. The van der Waals surface area contributed by atoms with Gasteiger partial charge in [-0.25, -0.2) is 0 Å². The molecule has 0 bridgehead atoms. The summed E-state index contributed by atoms with van der Waals surface area (Å²) >= 11 is 5.94. The van der Waals surface area contributed by atoms with Crippen molar-refractivity contribution in [2.24, 2.45) is 0 Å². The number of hydrogen-bond acceptors (Lipinski definition) is 2. The quantitative estimate of drug-likeness (QED) is 0.819. The van der Waals surface area contributed by atoms with Gasteiger partial charge < -0.3 is 10.2 Å². The van der Waals surface area contributed by atoms with E-state index < -0.39 is 0 Å². The lowest BCUT2D eigenvalue weighted by molar-refractivity contribution is -0.117. The molecule has 1 aromatic rings. The van der Waals surface area contributed by atoms with E-state index in [1.807, 2.05) is 6.07 Å². The molecule has 1 atom stereocenters. The average molecular weight is 253 g/mol. The first kappa shape index (κ1) is 11.9. The number of benzene rings is 1. The summed E-state index contributed by atoms with van der Waals surface area (Å²) in [7, 11) is 0. The van der Waals surface area contributed by atoms with Crippen LogP contribution >= 0.6 is 11.6 Å². The molecule has 1 saturated heterocycles. The van der Waals surface area contributed by atoms with Crippen molar-refractivity contribution in [2.45, 2.75) is 18.7 Å². The lowest BCUT2D eigenvalue weighted by Crippen LogP contribution is -2.24. The van der Waals surface area contributed by atoms with Gasteiger partial charge in [-0.3, -0.25) is 9.59 Å². The third kappa shape index (κ3) is 2.77. The van der Waals surface area contributed by atoms with Gasteiger partial charge in [0.05, 0.1) is 5.38 Å². The molecule has 1 aliphatic rings. The van der Waals surface area contributed by atoms with E-state index >= 15 is 0 Å². The Morgan fingerprint density at radius 1 is 1.53 bits per heavy atom. The van der Waals surface area contributed by atoms with Gasteiger partial charge in [0.1, 0.15) is 0 Å². The summed E-state index contributed by atoms with van der Waals surface area (Å²) in [5.41, 5.74) is 1.45. The van der Waals surface area contributed by atoms with Crippen molar-refractivity contribution in [3.8, 4) is 0 Å². The van der Waals surface area contributed by atoms with Crippen molar-refractivity contribution in [3.63, 3.8) is 0 Å². The molecule has 0 radical (unpaired) electrons. The van der Waals surface area contributed by atoms with E-state index in [1.165, 1.54) is 6.92 Å². The minimum atomic E-state index is -0.134. The van der Waals surface area contributed by atoms with Crippen LogP contribution in [0.25, 0.3) is 0 Å². The van der Waals surface area contributed by atoms with Crippen LogP contribution in [0.4, 0.5) is 11.4 Å². The molecule has 1 heterocycles. The van der Waals surface area contributed by atoms with Crippen LogP contribution < -0.4 is 10.2 Å². The van der Waals surface area contributed by atoms with Crippen molar-refractivity contribution in [2.75, 3.05) is 16.8 Å². The molecule has 4 nitrogen and oxygen atoms in total. The molecule has 1 fully saturated rings. The number of hydrogen-bond donors (Lipinski definition) is 1. The minimum Gasteiger partial charge on any atom is -0.326 e. The Labute approximate surface area is 105 Å². The highest BCUT2D eigenvalue weighted by Gasteiger charge is 2.29. The van der Waals surface area contributed by atoms with Gasteiger partial charge in [-0.15, -0.1) is 11.6 Å². The number of carbonyl (C=O) groups is 2. The highest BCUT2D eigenvalue weighted by atomic mass is 35.5. The second-order valence-corrected chi connectivity index (χ2v) is 4.65. The first-order valence-electron chi connectivity index (χ1n) is 5.38. The van der Waals surface area contributed by atoms with Gasteiger partial charge in [-0.05, 0) is 18.2 Å². The third-order valence-corrected chi connectivity index (χ3v) is 2.85. The number of amides is 2. The van der Waals surface area contributed by atoms with Gasteiger partial charge in [-0.2, -0.15) is 0 Å². The number of alkyl halides is 1. The van der Waals surface area contributed by atoms with Crippen LogP contribution in [0.15, 0.2) is 24.3 Å². The molecule has 0 saturated carbocycles. The Balaban J connectivity index is 2.21. The van der Waals surface area contributed by atoms with Crippen LogP contribution in [0.1, 0.15) is 13.3 Å². The maximum absolute atomic E-state index is 11.7. The van der Waals surface area contributed by atoms with Gasteiger partial charge in [-0.1, -0.05) is 6.07 Å². The summed E-state index contributed by atoms with van der Waals surface area (Å²) in [5, 5.41) is 2.55. The lowest BCUT2D eigenvalue weighted by atomic mass is 10.2. The van der Waals surface area contributed by atoms with Gasteiger partial charge in [0.25, 0.3) is 0 Å². The highest BCUT2D eigenvalue weighted by molar-refractivity contribution is 6.24. The Kier molecular flexibility index (Phi) is 3.33. The fourth-order valence-corrected chi connectivity index (χ4v) is 2.14. The number of nitrogens with one attached hydrogen (secondary N) is 1. The second-order valence-electron chi connectivity index (χ2n) is 4.04. The lowest BCUT2D eigenvalue weighted by Gasteiger charge is -2.16. The van der Waals surface area contributed by atoms with Crippen LogP contribution in [0.3, 0.4) is 0 Å². The zero-order valence-electron chi connectivity index (χ0n) is 9.44. The summed E-state index contributed by atoms with van der Waals surface area (Å²) in [6.07, 6.45) is 0.367. The standard InChI is InChI=1S/C12H13ClN2O2/c1-8(16)14-10-3-2-4-11(6-10)15-7-9(13)5-12(15)17/h2-4,6,9H,5,7H2,1H3,(H,14,16). The van der Waals surface area contributed by atoms with Crippen LogP contribution in [0, 0.1) is 0 Å². The molecule has 90 valence electrons. The van der Waals surface area contributed by atoms with Crippen molar-refractivity contribution < 1.29 is 9.59 Å². The predicted octanol–water partition coefficient (Wildman–Crippen LogP) is 1.99. The molecule has 5 heteroatoms. The molecule has 1 aromatic carbocycles. The van der Waals surface area contributed by atoms with Gasteiger partial charge in [0.2, 0.25) is 11.8 Å². The van der Waals surface area contributed by atoms with E-state index in [9.17, 15) is 9.59 Å². The van der Waals surface area contributed by atoms with Crippen molar-refractivity contribution in [3.05, 3.63) is 24.3 Å². The van der Waals surface area contributed by atoms with Crippen molar-refractivity contribution in [1.29, 1.82) is 0 Å². The van der Waals surface area contributed by atoms with Crippen molar-refractivity contribution in [1.82, 2.24) is 0 Å². The van der Waals surface area contributed by atoms with E-state index in [2.05, 4.69) is 5.32 Å². The fraction of sp³-hybridized carbons (Fsp3) is 0.333. The zero-order chi connectivity index (χ0) is 12.4. The molecule has 17 heavy (non-hydrogen) atoms. The van der Waals surface area contributed by atoms with Crippen LogP contribution in [0.5, 0.6) is 0 Å². The molecule has 1 aliphatic heterocycles. The largest absolute Gasteiger partial charge is 0.326 e. The highest BCUT2D eigenvalue weighted by Crippen LogP contribution is 2.26.